The second kappa shape index (κ2) is 21.2. The van der Waals surface area contributed by atoms with Crippen molar-refractivity contribution in [1.29, 1.82) is 0 Å². The van der Waals surface area contributed by atoms with Crippen molar-refractivity contribution < 1.29 is 59.9 Å². The molecule has 23 heteroatoms. The monoisotopic (exact) mass is 1020 g/mol. The Morgan fingerprint density at radius 3 is 2.29 bits per heavy atom. The number of halogens is 7. The van der Waals surface area contributed by atoms with E-state index < -0.39 is 133 Å². The van der Waals surface area contributed by atoms with E-state index in [0.717, 1.165) is 9.78 Å². The van der Waals surface area contributed by atoms with Crippen LogP contribution in [0.2, 0.25) is 5.02 Å². The van der Waals surface area contributed by atoms with Crippen LogP contribution in [0.25, 0.3) is 10.4 Å². The molecule has 0 spiro atoms. The molecule has 0 radical (unpaired) electrons. The highest BCUT2D eigenvalue weighted by molar-refractivity contribution is 7.13. The van der Waals surface area contributed by atoms with Crippen molar-refractivity contribution in [3.63, 3.8) is 0 Å². The van der Waals surface area contributed by atoms with Crippen LogP contribution in [0.4, 0.5) is 26.3 Å². The van der Waals surface area contributed by atoms with Crippen molar-refractivity contribution in [2.45, 2.75) is 140 Å². The molecule has 2 saturated heterocycles. The van der Waals surface area contributed by atoms with Gasteiger partial charge in [-0.3, -0.25) is 38.5 Å². The van der Waals surface area contributed by atoms with Crippen LogP contribution in [0.1, 0.15) is 84.1 Å². The highest BCUT2D eigenvalue weighted by atomic mass is 35.5. The summed E-state index contributed by atoms with van der Waals surface area (Å²) < 4.78 is 85.4. The largest absolute Gasteiger partial charge is 0.403 e. The van der Waals surface area contributed by atoms with Gasteiger partial charge in [0.15, 0.2) is 5.41 Å². The maximum Gasteiger partial charge on any atom is 0.403 e. The predicted octanol–water partition coefficient (Wildman–Crippen LogP) is 5.15. The molecule has 69 heavy (non-hydrogen) atoms. The molecule has 15 nitrogen and oxygen atoms in total. The molecule has 0 unspecified atom stereocenters. The first kappa shape index (κ1) is 53.4. The van der Waals surface area contributed by atoms with Crippen molar-refractivity contribution >= 4 is 64.3 Å². The third-order valence-corrected chi connectivity index (χ3v) is 14.6. The van der Waals surface area contributed by atoms with E-state index in [0.29, 0.717) is 40.3 Å². The molecular formula is C46H59ClF6N8O7S. The fraction of sp³-hybridized carbons (Fsp3) is 0.652. The molecule has 3 heterocycles. The van der Waals surface area contributed by atoms with Crippen LogP contribution < -0.4 is 16.0 Å². The molecule has 0 bridgehead atoms. The van der Waals surface area contributed by atoms with Gasteiger partial charge in [0, 0.05) is 64.6 Å². The van der Waals surface area contributed by atoms with Crippen LogP contribution in [-0.4, -0.2) is 155 Å². The zero-order valence-corrected chi connectivity index (χ0v) is 40.8. The second-order valence-corrected chi connectivity index (χ2v) is 20.7. The number of carbonyl (C=O) groups excluding carboxylic acids is 7. The van der Waals surface area contributed by atoms with Gasteiger partial charge in [-0.2, -0.15) is 13.2 Å². The third kappa shape index (κ3) is 12.0. The van der Waals surface area contributed by atoms with Crippen molar-refractivity contribution in [3.8, 4) is 10.4 Å². The molecule has 1 aromatic heterocycles. The first-order valence-corrected chi connectivity index (χ1v) is 24.3. The van der Waals surface area contributed by atoms with Crippen LogP contribution in [0, 0.1) is 17.3 Å². The lowest BCUT2D eigenvalue weighted by Crippen LogP contribution is -2.65. The molecule has 3 N–H and O–H groups in total. The van der Waals surface area contributed by atoms with Crippen molar-refractivity contribution in [2.24, 2.45) is 17.3 Å². The summed E-state index contributed by atoms with van der Waals surface area (Å²) in [6.45, 7) is 4.41. The summed E-state index contributed by atoms with van der Waals surface area (Å²) in [5, 5.41) is 8.48. The summed E-state index contributed by atoms with van der Waals surface area (Å²) in [6, 6.07) is -2.89. The molecule has 7 atom stereocenters. The number of nitrogens with one attached hydrogen (secondary N) is 3. The average molecular weight is 1020 g/mol. The molecular weight excluding hydrogens is 958 g/mol. The molecule has 6 rings (SSSR count). The number of likely N-dealkylation sites (tertiary alicyclic amines) is 1. The number of benzene rings is 1. The lowest BCUT2D eigenvalue weighted by molar-refractivity contribution is -0.299. The van der Waals surface area contributed by atoms with Crippen LogP contribution >= 0.6 is 22.9 Å². The van der Waals surface area contributed by atoms with Crippen molar-refractivity contribution in [3.05, 3.63) is 40.5 Å². The quantitative estimate of drug-likeness (QED) is 0.259. The number of amides is 7. The number of nitrogens with zero attached hydrogens (tertiary/aromatic N) is 5. The number of hydrogen-bond acceptors (Lipinski definition) is 9. The van der Waals surface area contributed by atoms with Crippen LogP contribution in [0.5, 0.6) is 0 Å². The van der Waals surface area contributed by atoms with Crippen LogP contribution in [0.3, 0.4) is 0 Å². The molecule has 2 aliphatic carbocycles. The second-order valence-electron chi connectivity index (χ2n) is 19.4. The van der Waals surface area contributed by atoms with E-state index in [-0.39, 0.29) is 38.1 Å². The van der Waals surface area contributed by atoms with E-state index >= 15 is 0 Å². The van der Waals surface area contributed by atoms with E-state index in [4.69, 9.17) is 11.6 Å². The minimum Gasteiger partial charge on any atom is -0.344 e. The predicted molar refractivity (Wildman–Crippen MR) is 242 cm³/mol. The Hall–Kier alpha value is -4.99. The smallest absolute Gasteiger partial charge is 0.344 e. The van der Waals surface area contributed by atoms with Gasteiger partial charge in [0.25, 0.3) is 5.92 Å². The van der Waals surface area contributed by atoms with Gasteiger partial charge in [0.05, 0.1) is 16.9 Å². The van der Waals surface area contributed by atoms with E-state index in [1.54, 1.807) is 37.0 Å². The summed E-state index contributed by atoms with van der Waals surface area (Å²) in [5.74, 6) is -10.8. The Labute approximate surface area is 405 Å². The molecule has 4 aliphatic rings. The fourth-order valence-electron chi connectivity index (χ4n) is 9.56. The Morgan fingerprint density at radius 2 is 1.70 bits per heavy atom. The molecule has 2 aromatic rings. The van der Waals surface area contributed by atoms with E-state index in [9.17, 15) is 59.9 Å². The number of alkyl halides is 6. The number of aromatic nitrogens is 1. The first-order chi connectivity index (χ1) is 32.2. The highest BCUT2D eigenvalue weighted by Crippen LogP contribution is 2.61. The normalized spacial score (nSPS) is 26.6. The van der Waals surface area contributed by atoms with Gasteiger partial charge in [-0.05, 0) is 80.5 Å². The number of likely N-dealkylation sites (N-methyl/N-ethyl adjacent to an activating group) is 3. The Bertz CT molecular complexity index is 2260. The first-order valence-electron chi connectivity index (χ1n) is 23.0. The zero-order chi connectivity index (χ0) is 50.9. The third-order valence-electron chi connectivity index (χ3n) is 13.6. The fourth-order valence-corrected chi connectivity index (χ4v) is 10.4. The van der Waals surface area contributed by atoms with E-state index in [2.05, 4.69) is 20.9 Å². The number of hydrogen-bond donors (Lipinski definition) is 3. The van der Waals surface area contributed by atoms with Gasteiger partial charge >= 0.3 is 6.18 Å². The summed E-state index contributed by atoms with van der Waals surface area (Å²) in [4.78, 5) is 108. The van der Waals surface area contributed by atoms with Gasteiger partial charge < -0.3 is 35.6 Å². The molecule has 2 aliphatic heterocycles. The van der Waals surface area contributed by atoms with Gasteiger partial charge in [0.2, 0.25) is 41.4 Å². The van der Waals surface area contributed by atoms with Crippen LogP contribution in [0.15, 0.2) is 29.9 Å². The topological polar surface area (TPSA) is 181 Å². The Morgan fingerprint density at radius 1 is 1.01 bits per heavy atom. The summed E-state index contributed by atoms with van der Waals surface area (Å²) in [7, 11) is 4.27. The van der Waals surface area contributed by atoms with Gasteiger partial charge in [-0.15, -0.1) is 11.3 Å². The minimum absolute atomic E-state index is 0.00248. The summed E-state index contributed by atoms with van der Waals surface area (Å²) >= 11 is 7.81. The number of thiazole rings is 1. The highest BCUT2D eigenvalue weighted by Gasteiger charge is 2.75. The van der Waals surface area contributed by atoms with Gasteiger partial charge in [-0.25, -0.2) is 13.2 Å². The SMILES string of the molecule is CC(C)C[C@@H]1NC(=O)[C@@H](N(C)C(=O)[C@@H](NC(=O)[C@@H]2C[C@@H](F)CN2C(=O)C2(C(F)(F)F)CC(F)(F)C2)C2CC2)CCCCN(C)C(=O)[C@@H](C)NC(=O)[C@H](Cc2cc(Cl)ccc2-c2cncs2)N(C)C1=O. The Balaban J connectivity index is 1.27. The maximum absolute atomic E-state index is 14.9. The molecule has 1 aromatic carbocycles. The van der Waals surface area contributed by atoms with E-state index in [1.807, 2.05) is 13.8 Å². The number of carbonyl (C=O) groups is 7. The van der Waals surface area contributed by atoms with Crippen molar-refractivity contribution in [2.75, 3.05) is 34.2 Å². The Kier molecular flexibility index (Phi) is 16.4. The maximum atomic E-state index is 14.9. The summed E-state index contributed by atoms with van der Waals surface area (Å²) in [5.41, 5.74) is -0.554. The number of rotatable bonds is 11. The van der Waals surface area contributed by atoms with Crippen molar-refractivity contribution in [1.82, 2.24) is 40.5 Å². The zero-order valence-electron chi connectivity index (χ0n) is 39.2. The van der Waals surface area contributed by atoms with Gasteiger partial charge in [0.1, 0.15) is 42.4 Å². The van der Waals surface area contributed by atoms with Crippen LogP contribution in [-0.2, 0) is 40.0 Å². The molecule has 7 amide bonds. The lowest BCUT2D eigenvalue weighted by Gasteiger charge is -2.48. The molecule has 4 fully saturated rings. The average Bonchev–Trinajstić information content (AvgIpc) is 3.80. The lowest BCUT2D eigenvalue weighted by atomic mass is 9.64. The van der Waals surface area contributed by atoms with E-state index in [1.165, 1.54) is 42.2 Å². The molecule has 2 saturated carbocycles. The summed E-state index contributed by atoms with van der Waals surface area (Å²) in [6.07, 6.45) is -8.70. The molecule has 380 valence electrons. The van der Waals surface area contributed by atoms with Gasteiger partial charge in [-0.1, -0.05) is 31.5 Å². The minimum atomic E-state index is -5.42. The standard InChI is InChI=1S/C46H59ClF6N8O7S/c1-24(2)15-31-41(66)60(6)33(17-27-16-28(47)12-13-30(27)35-19-54-23-69-35)38(63)55-25(3)40(65)58(4)14-8-7-9-32(37(62)56-31)59(5)42(67)36(26-10-11-26)57-39(64)34-18-29(48)20-61(34)43(68)44(46(51,52)53)21-45(49,50)22-44/h12-13,16,19,23-26,29,31-34,36H,7-11,14-15,17-18,20-22H2,1-6H3,(H,55,63)(H,56,62)(H,57,64)/t25-,29-,31+,32+,33+,34+,36+/m1/s1.